The number of methoxy groups -OCH3 is 2. The number of nitrogens with zero attached hydrogens (tertiary/aromatic N) is 1. The molecular weight excluding hydrogens is 238 g/mol. The molecule has 2 aliphatic heterocycles. The van der Waals surface area contributed by atoms with E-state index in [1.165, 1.54) is 19.1 Å². The third kappa shape index (κ3) is 1.53. The molecule has 1 aliphatic carbocycles. The highest BCUT2D eigenvalue weighted by Crippen LogP contribution is 2.36. The second-order valence-electron chi connectivity index (χ2n) is 4.07. The average Bonchev–Trinajstić information content (AvgIpc) is 2.41. The number of hydrogen-bond donors (Lipinski definition) is 0. The molecule has 18 heavy (non-hydrogen) atoms. The maximum Gasteiger partial charge on any atom is 0.336 e. The van der Waals surface area contributed by atoms with Crippen LogP contribution in [0.1, 0.15) is 0 Å². The van der Waals surface area contributed by atoms with Crippen molar-refractivity contribution in [1.82, 2.24) is 4.90 Å². The number of ether oxygens (including phenoxy) is 2. The third-order valence-corrected chi connectivity index (χ3v) is 3.22. The van der Waals surface area contributed by atoms with Gasteiger partial charge in [-0.3, -0.25) is 4.79 Å². The van der Waals surface area contributed by atoms with Crippen molar-refractivity contribution in [2.45, 2.75) is 6.04 Å². The van der Waals surface area contributed by atoms with Crippen molar-refractivity contribution in [2.75, 3.05) is 21.3 Å². The molecule has 0 fully saturated rings. The molecule has 96 valence electrons. The van der Waals surface area contributed by atoms with Crippen molar-refractivity contribution >= 4 is 17.8 Å². The van der Waals surface area contributed by atoms with Gasteiger partial charge < -0.3 is 14.4 Å². The van der Waals surface area contributed by atoms with E-state index in [9.17, 15) is 14.4 Å². The van der Waals surface area contributed by atoms with Crippen LogP contribution in [-0.2, 0) is 23.9 Å². The lowest BCUT2D eigenvalue weighted by atomic mass is 9.79. The molecule has 3 rings (SSSR count). The van der Waals surface area contributed by atoms with Crippen LogP contribution in [0.25, 0.3) is 0 Å². The van der Waals surface area contributed by atoms with Gasteiger partial charge in [0.2, 0.25) is 5.91 Å². The van der Waals surface area contributed by atoms with Crippen molar-refractivity contribution in [1.29, 1.82) is 0 Å². The number of rotatable bonds is 2. The van der Waals surface area contributed by atoms with Gasteiger partial charge in [-0.05, 0) is 0 Å². The second-order valence-corrected chi connectivity index (χ2v) is 4.07. The van der Waals surface area contributed by atoms with E-state index in [0.717, 1.165) is 0 Å². The van der Waals surface area contributed by atoms with Gasteiger partial charge in [-0.2, -0.15) is 0 Å². The summed E-state index contributed by atoms with van der Waals surface area (Å²) in [7, 11) is 4.03. The van der Waals surface area contributed by atoms with Crippen molar-refractivity contribution in [3.05, 3.63) is 23.3 Å². The van der Waals surface area contributed by atoms with E-state index >= 15 is 0 Å². The number of amides is 1. The highest BCUT2D eigenvalue weighted by Gasteiger charge is 2.46. The van der Waals surface area contributed by atoms with E-state index in [4.69, 9.17) is 0 Å². The molecule has 2 heterocycles. The van der Waals surface area contributed by atoms with Gasteiger partial charge in [0.25, 0.3) is 0 Å². The summed E-state index contributed by atoms with van der Waals surface area (Å²) < 4.78 is 9.32. The largest absolute Gasteiger partial charge is 0.466 e. The molecule has 0 aromatic heterocycles. The first-order valence-electron chi connectivity index (χ1n) is 5.38. The number of hydrogen-bond acceptors (Lipinski definition) is 5. The van der Waals surface area contributed by atoms with Crippen molar-refractivity contribution in [2.24, 2.45) is 5.92 Å². The Balaban J connectivity index is 2.59. The summed E-state index contributed by atoms with van der Waals surface area (Å²) >= 11 is 0. The summed E-state index contributed by atoms with van der Waals surface area (Å²) in [5, 5.41) is 0. The van der Waals surface area contributed by atoms with E-state index in [-0.39, 0.29) is 17.1 Å². The Morgan fingerprint density at radius 2 is 1.67 bits per heavy atom. The van der Waals surface area contributed by atoms with Gasteiger partial charge in [-0.25, -0.2) is 9.59 Å². The topological polar surface area (TPSA) is 72.9 Å². The minimum atomic E-state index is -0.762. The zero-order valence-electron chi connectivity index (χ0n) is 10.3. The molecule has 0 saturated carbocycles. The Bertz CT molecular complexity index is 491. The Labute approximate surface area is 104 Å². The number of likely N-dealkylation sites (N-methyl/N-ethyl adjacent to an activating group) is 1. The summed E-state index contributed by atoms with van der Waals surface area (Å²) in [5.74, 6) is -2.28. The average molecular weight is 251 g/mol. The quantitative estimate of drug-likeness (QED) is 0.495. The fourth-order valence-electron chi connectivity index (χ4n) is 2.31. The minimum Gasteiger partial charge on any atom is -0.466 e. The summed E-state index contributed by atoms with van der Waals surface area (Å²) in [6.07, 6.45) is 3.33. The van der Waals surface area contributed by atoms with Crippen LogP contribution >= 0.6 is 0 Å². The maximum atomic E-state index is 12.0. The highest BCUT2D eigenvalue weighted by molar-refractivity contribution is 6.09. The van der Waals surface area contributed by atoms with Gasteiger partial charge in [0.1, 0.15) is 0 Å². The van der Waals surface area contributed by atoms with Crippen molar-refractivity contribution in [3.63, 3.8) is 0 Å². The van der Waals surface area contributed by atoms with Crippen LogP contribution < -0.4 is 0 Å². The summed E-state index contributed by atoms with van der Waals surface area (Å²) in [6, 6.07) is -0.566. The number of fused-ring (bicyclic) bond motifs is 1. The second kappa shape index (κ2) is 4.29. The summed E-state index contributed by atoms with van der Waals surface area (Å²) in [6.45, 7) is 0. The lowest BCUT2D eigenvalue weighted by Crippen LogP contribution is -2.51. The predicted molar refractivity (Wildman–Crippen MR) is 60.2 cm³/mol. The lowest BCUT2D eigenvalue weighted by molar-refractivity contribution is -0.145. The fraction of sp³-hybridized carbons (Fsp3) is 0.417. The van der Waals surface area contributed by atoms with Gasteiger partial charge in [-0.1, -0.05) is 12.2 Å². The number of carbonyl (C=O) groups is 3. The molecule has 1 amide bonds. The first-order valence-corrected chi connectivity index (χ1v) is 5.38. The lowest BCUT2D eigenvalue weighted by Gasteiger charge is -2.39. The Morgan fingerprint density at radius 3 is 2.22 bits per heavy atom. The van der Waals surface area contributed by atoms with Gasteiger partial charge in [0, 0.05) is 7.05 Å². The van der Waals surface area contributed by atoms with Gasteiger partial charge in [0.15, 0.2) is 0 Å². The number of esters is 2. The standard InChI is InChI=1S/C12H13NO5/c1-13-7-5-4-6(10(13)14)8(11(15)17-2)9(7)12(16)18-3/h4-7H,1-3H3/t6-,7+/m0/s1. The Morgan fingerprint density at radius 1 is 1.11 bits per heavy atom. The predicted octanol–water partition coefficient (Wildman–Crippen LogP) is -0.344. The van der Waals surface area contributed by atoms with Crippen molar-refractivity contribution < 1.29 is 23.9 Å². The molecule has 0 radical (unpaired) electrons. The van der Waals surface area contributed by atoms with Gasteiger partial charge in [0.05, 0.1) is 37.3 Å². The number of carbonyl (C=O) groups excluding carboxylic acids is 3. The molecule has 2 bridgehead atoms. The minimum absolute atomic E-state index is 0.0833. The Kier molecular flexibility index (Phi) is 2.94. The fourth-order valence-corrected chi connectivity index (χ4v) is 2.31. The van der Waals surface area contributed by atoms with Crippen LogP contribution in [0.5, 0.6) is 0 Å². The van der Waals surface area contributed by atoms with E-state index in [0.29, 0.717) is 0 Å². The molecule has 0 spiro atoms. The highest BCUT2D eigenvalue weighted by atomic mass is 16.5. The monoisotopic (exact) mass is 251 g/mol. The SMILES string of the molecule is COC(=O)C1=C(C(=O)OC)[C@H]2C=C[C@@H]1C(=O)N2C. The van der Waals surface area contributed by atoms with E-state index in [1.54, 1.807) is 19.2 Å². The zero-order chi connectivity index (χ0) is 13.4. The first-order chi connectivity index (χ1) is 8.52. The molecule has 0 unspecified atom stereocenters. The van der Waals surface area contributed by atoms with Crippen LogP contribution in [0.2, 0.25) is 0 Å². The zero-order valence-corrected chi connectivity index (χ0v) is 10.3. The Hall–Kier alpha value is -2.11. The molecule has 0 saturated heterocycles. The van der Waals surface area contributed by atoms with Crippen LogP contribution in [0.15, 0.2) is 23.3 Å². The molecule has 0 N–H and O–H groups in total. The van der Waals surface area contributed by atoms with Gasteiger partial charge in [-0.15, -0.1) is 0 Å². The third-order valence-electron chi connectivity index (χ3n) is 3.22. The van der Waals surface area contributed by atoms with E-state index in [2.05, 4.69) is 9.47 Å². The molecule has 6 heteroatoms. The molecule has 0 aromatic rings. The molecule has 2 atom stereocenters. The van der Waals surface area contributed by atoms with E-state index < -0.39 is 23.9 Å². The molecule has 3 aliphatic rings. The van der Waals surface area contributed by atoms with Crippen molar-refractivity contribution in [3.8, 4) is 0 Å². The van der Waals surface area contributed by atoms with Crippen LogP contribution in [0, 0.1) is 5.92 Å². The smallest absolute Gasteiger partial charge is 0.336 e. The van der Waals surface area contributed by atoms with Crippen LogP contribution in [0.4, 0.5) is 0 Å². The normalized spacial score (nSPS) is 25.5. The summed E-state index contributed by atoms with van der Waals surface area (Å²) in [4.78, 5) is 36.9. The van der Waals surface area contributed by atoms with Gasteiger partial charge >= 0.3 is 11.9 Å². The molecular formula is C12H13NO5. The van der Waals surface area contributed by atoms with Crippen LogP contribution in [0.3, 0.4) is 0 Å². The maximum absolute atomic E-state index is 12.0. The molecule has 6 nitrogen and oxygen atoms in total. The first kappa shape index (κ1) is 12.3. The van der Waals surface area contributed by atoms with Crippen LogP contribution in [-0.4, -0.2) is 50.1 Å². The van der Waals surface area contributed by atoms with E-state index in [1.807, 2.05) is 0 Å². The molecule has 0 aromatic carbocycles. The summed E-state index contributed by atoms with van der Waals surface area (Å²) in [5.41, 5.74) is 0.263.